The van der Waals surface area contributed by atoms with Gasteiger partial charge < -0.3 is 14.5 Å². The van der Waals surface area contributed by atoms with Crippen LogP contribution in [0.25, 0.3) is 0 Å². The number of hydrogen-bond donors (Lipinski definition) is 0. The summed E-state index contributed by atoms with van der Waals surface area (Å²) in [6.07, 6.45) is -3.81. The van der Waals surface area contributed by atoms with Crippen molar-refractivity contribution in [2.24, 2.45) is 0 Å². The predicted molar refractivity (Wildman–Crippen MR) is 80.4 cm³/mol. The molecule has 0 unspecified atom stereocenters. The van der Waals surface area contributed by atoms with Crippen LogP contribution in [0.15, 0.2) is 24.3 Å². The summed E-state index contributed by atoms with van der Waals surface area (Å²) in [5, 5.41) is 0. The Hall–Kier alpha value is -2.09. The zero-order chi connectivity index (χ0) is 17.7. The van der Waals surface area contributed by atoms with Gasteiger partial charge in [-0.2, -0.15) is 13.2 Å². The molecule has 132 valence electrons. The number of hydrogen-bond acceptors (Lipinski definition) is 3. The first-order chi connectivity index (χ1) is 11.3. The molecule has 1 aliphatic heterocycles. The van der Waals surface area contributed by atoms with Gasteiger partial charge in [0.05, 0.1) is 5.56 Å². The molecule has 8 heteroatoms. The lowest BCUT2D eigenvalue weighted by Gasteiger charge is -2.22. The van der Waals surface area contributed by atoms with Gasteiger partial charge in [-0.15, -0.1) is 0 Å². The van der Waals surface area contributed by atoms with Crippen LogP contribution in [0.3, 0.4) is 0 Å². The second-order valence-corrected chi connectivity index (χ2v) is 5.53. The number of rotatable bonds is 3. The molecular weight excluding hydrogens is 325 g/mol. The lowest BCUT2D eigenvalue weighted by atomic mass is 10.1. The highest BCUT2D eigenvalue weighted by atomic mass is 19.4. The van der Waals surface area contributed by atoms with E-state index in [0.29, 0.717) is 32.6 Å². The highest BCUT2D eigenvalue weighted by molar-refractivity contribution is 5.94. The van der Waals surface area contributed by atoms with Crippen molar-refractivity contribution in [2.75, 3.05) is 39.9 Å². The summed E-state index contributed by atoms with van der Waals surface area (Å²) in [5.74, 6) is -0.467. The minimum Gasteiger partial charge on any atom is -0.375 e. The predicted octanol–water partition coefficient (Wildman–Crippen LogP) is 2.03. The molecule has 0 spiro atoms. The Morgan fingerprint density at radius 3 is 2.21 bits per heavy atom. The SMILES string of the molecule is COCC(=O)N1CCCN(C(=O)c2ccc(C(F)(F)F)cc2)CC1. The zero-order valence-corrected chi connectivity index (χ0v) is 13.3. The van der Waals surface area contributed by atoms with Crippen molar-refractivity contribution in [2.45, 2.75) is 12.6 Å². The van der Waals surface area contributed by atoms with Crippen LogP contribution < -0.4 is 0 Å². The van der Waals surface area contributed by atoms with Crippen LogP contribution in [0, 0.1) is 0 Å². The molecule has 0 aliphatic carbocycles. The number of ether oxygens (including phenoxy) is 1. The zero-order valence-electron chi connectivity index (χ0n) is 13.3. The van der Waals surface area contributed by atoms with Crippen LogP contribution in [0.5, 0.6) is 0 Å². The molecule has 1 heterocycles. The fourth-order valence-corrected chi connectivity index (χ4v) is 2.57. The molecule has 1 saturated heterocycles. The second-order valence-electron chi connectivity index (χ2n) is 5.53. The summed E-state index contributed by atoms with van der Waals surface area (Å²) in [6, 6.07) is 4.17. The minimum atomic E-state index is -4.42. The van der Waals surface area contributed by atoms with E-state index in [4.69, 9.17) is 4.74 Å². The minimum absolute atomic E-state index is 0.00709. The first-order valence-electron chi connectivity index (χ1n) is 7.56. The third-order valence-electron chi connectivity index (χ3n) is 3.86. The van der Waals surface area contributed by atoms with Crippen molar-refractivity contribution in [1.82, 2.24) is 9.80 Å². The second kappa shape index (κ2) is 7.65. The number of carbonyl (C=O) groups is 2. The van der Waals surface area contributed by atoms with Gasteiger partial charge in [0, 0.05) is 38.9 Å². The Morgan fingerprint density at radius 1 is 1.04 bits per heavy atom. The summed E-state index contributed by atoms with van der Waals surface area (Å²) in [5.41, 5.74) is -0.578. The fraction of sp³-hybridized carbons (Fsp3) is 0.500. The van der Waals surface area contributed by atoms with Crippen LogP contribution in [0.1, 0.15) is 22.3 Å². The molecule has 2 rings (SSSR count). The number of amides is 2. The maximum Gasteiger partial charge on any atom is 0.416 e. The maximum absolute atomic E-state index is 12.6. The van der Waals surface area contributed by atoms with Gasteiger partial charge in [0.1, 0.15) is 6.61 Å². The van der Waals surface area contributed by atoms with Crippen LogP contribution in [0.4, 0.5) is 13.2 Å². The molecule has 0 bridgehead atoms. The monoisotopic (exact) mass is 344 g/mol. The van der Waals surface area contributed by atoms with E-state index >= 15 is 0 Å². The Morgan fingerprint density at radius 2 is 1.62 bits per heavy atom. The lowest BCUT2D eigenvalue weighted by molar-refractivity contribution is -0.137. The van der Waals surface area contributed by atoms with E-state index in [1.807, 2.05) is 0 Å². The topological polar surface area (TPSA) is 49.9 Å². The molecule has 1 aromatic rings. The summed E-state index contributed by atoms with van der Waals surface area (Å²) in [6.45, 7) is 1.70. The third kappa shape index (κ3) is 4.47. The van der Waals surface area contributed by atoms with Gasteiger partial charge in [-0.3, -0.25) is 9.59 Å². The molecular formula is C16H19F3N2O3. The van der Waals surface area contributed by atoms with E-state index in [0.717, 1.165) is 12.1 Å². The van der Waals surface area contributed by atoms with Crippen molar-refractivity contribution >= 4 is 11.8 Å². The van der Waals surface area contributed by atoms with Crippen molar-refractivity contribution in [3.8, 4) is 0 Å². The quantitative estimate of drug-likeness (QED) is 0.843. The van der Waals surface area contributed by atoms with E-state index < -0.39 is 11.7 Å². The Bertz CT molecular complexity index is 587. The van der Waals surface area contributed by atoms with E-state index in [2.05, 4.69) is 0 Å². The molecule has 24 heavy (non-hydrogen) atoms. The van der Waals surface area contributed by atoms with Gasteiger partial charge in [0.25, 0.3) is 5.91 Å². The maximum atomic E-state index is 12.6. The fourth-order valence-electron chi connectivity index (χ4n) is 2.57. The average Bonchev–Trinajstić information content (AvgIpc) is 2.80. The molecule has 0 atom stereocenters. The molecule has 1 fully saturated rings. The highest BCUT2D eigenvalue weighted by Gasteiger charge is 2.30. The van der Waals surface area contributed by atoms with Crippen molar-refractivity contribution in [3.05, 3.63) is 35.4 Å². The van der Waals surface area contributed by atoms with E-state index in [9.17, 15) is 22.8 Å². The summed E-state index contributed by atoms with van der Waals surface area (Å²) in [7, 11) is 1.44. The van der Waals surface area contributed by atoms with Gasteiger partial charge >= 0.3 is 6.18 Å². The molecule has 0 N–H and O–H groups in total. The smallest absolute Gasteiger partial charge is 0.375 e. The number of benzene rings is 1. The number of methoxy groups -OCH3 is 1. The molecule has 1 aliphatic rings. The highest BCUT2D eigenvalue weighted by Crippen LogP contribution is 2.29. The largest absolute Gasteiger partial charge is 0.416 e. The summed E-state index contributed by atoms with van der Waals surface area (Å²) < 4.78 is 42.5. The number of nitrogens with zero attached hydrogens (tertiary/aromatic N) is 2. The summed E-state index contributed by atoms with van der Waals surface area (Å²) in [4.78, 5) is 27.4. The molecule has 1 aromatic carbocycles. The molecule has 5 nitrogen and oxygen atoms in total. The van der Waals surface area contributed by atoms with Gasteiger partial charge in [0.15, 0.2) is 0 Å². The standard InChI is InChI=1S/C16H19F3N2O3/c1-24-11-14(22)20-7-2-8-21(10-9-20)15(23)12-3-5-13(6-4-12)16(17,18)19/h3-6H,2,7-11H2,1H3. The summed E-state index contributed by atoms with van der Waals surface area (Å²) >= 11 is 0. The van der Waals surface area contributed by atoms with Gasteiger partial charge in [-0.05, 0) is 30.7 Å². The normalized spacial score (nSPS) is 16.0. The van der Waals surface area contributed by atoms with Crippen LogP contribution >= 0.6 is 0 Å². The van der Waals surface area contributed by atoms with Crippen LogP contribution in [-0.4, -0.2) is 61.5 Å². The van der Waals surface area contributed by atoms with Crippen molar-refractivity contribution < 1.29 is 27.5 Å². The van der Waals surface area contributed by atoms with Crippen LogP contribution in [0.2, 0.25) is 0 Å². The van der Waals surface area contributed by atoms with Crippen LogP contribution in [-0.2, 0) is 15.7 Å². The van der Waals surface area contributed by atoms with E-state index in [1.54, 1.807) is 9.80 Å². The number of alkyl halides is 3. The number of halogens is 3. The van der Waals surface area contributed by atoms with Crippen molar-refractivity contribution in [3.63, 3.8) is 0 Å². The van der Waals surface area contributed by atoms with Gasteiger partial charge in [-0.1, -0.05) is 0 Å². The Kier molecular flexibility index (Phi) is 5.82. The first kappa shape index (κ1) is 18.3. The number of carbonyl (C=O) groups excluding carboxylic acids is 2. The average molecular weight is 344 g/mol. The van der Waals surface area contributed by atoms with E-state index in [1.165, 1.54) is 19.2 Å². The first-order valence-corrected chi connectivity index (χ1v) is 7.56. The molecule has 0 saturated carbocycles. The van der Waals surface area contributed by atoms with Gasteiger partial charge in [-0.25, -0.2) is 0 Å². The lowest BCUT2D eigenvalue weighted by Crippen LogP contribution is -2.38. The van der Waals surface area contributed by atoms with E-state index in [-0.39, 0.29) is 24.0 Å². The Labute approximate surface area is 138 Å². The molecule has 0 radical (unpaired) electrons. The molecule has 0 aromatic heterocycles. The Balaban J connectivity index is 2.01. The molecule has 2 amide bonds. The third-order valence-corrected chi connectivity index (χ3v) is 3.86. The van der Waals surface area contributed by atoms with Crippen molar-refractivity contribution in [1.29, 1.82) is 0 Å². The van der Waals surface area contributed by atoms with Gasteiger partial charge in [0.2, 0.25) is 5.91 Å².